The summed E-state index contributed by atoms with van der Waals surface area (Å²) in [6.07, 6.45) is 6.73. The van der Waals surface area contributed by atoms with E-state index in [0.717, 1.165) is 25.7 Å². The van der Waals surface area contributed by atoms with Crippen molar-refractivity contribution in [1.29, 1.82) is 0 Å². The molecule has 138 valence electrons. The van der Waals surface area contributed by atoms with E-state index in [0.29, 0.717) is 11.3 Å². The minimum atomic E-state index is -1.28. The molecule has 0 amide bonds. The summed E-state index contributed by atoms with van der Waals surface area (Å²) in [5.74, 6) is 2.60. The molecule has 1 aliphatic carbocycles. The summed E-state index contributed by atoms with van der Waals surface area (Å²) < 4.78 is 20.9. The quantitative estimate of drug-likeness (QED) is 0.552. The van der Waals surface area contributed by atoms with Gasteiger partial charge in [-0.3, -0.25) is 4.57 Å². The topological polar surface area (TPSA) is 105 Å². The molecule has 2 aromatic rings. The Hall–Kier alpha value is -2.28. The lowest BCUT2D eigenvalue weighted by molar-refractivity contribution is -0.0231. The third-order valence-corrected chi connectivity index (χ3v) is 5.02. The predicted molar refractivity (Wildman–Crippen MR) is 90.5 cm³/mol. The maximum absolute atomic E-state index is 14.0. The second-order valence-electron chi connectivity index (χ2n) is 6.74. The SMILES string of the molecule is C#CC1OC(n2cnc3c(NC4CCCCC4)nc(F)nc32)C(O)C1O. The number of nitrogens with one attached hydrogen (secondary N) is 1. The number of nitrogens with zero attached hydrogens (tertiary/aromatic N) is 4. The van der Waals surface area contributed by atoms with Crippen molar-refractivity contribution in [2.24, 2.45) is 0 Å². The zero-order valence-corrected chi connectivity index (χ0v) is 14.0. The second kappa shape index (κ2) is 6.79. The number of hydrogen-bond donors (Lipinski definition) is 3. The van der Waals surface area contributed by atoms with Gasteiger partial charge in [-0.25, -0.2) is 4.98 Å². The standard InChI is InChI=1S/C17H20FN5O3/c1-2-10-12(24)13(25)16(26-10)23-8-19-11-14(21-17(18)22-15(11)23)20-9-6-4-3-5-7-9/h1,8-10,12-13,16,24-25H,3-7H2,(H,20,21,22). The lowest BCUT2D eigenvalue weighted by atomic mass is 9.95. The van der Waals surface area contributed by atoms with Crippen LogP contribution in [-0.2, 0) is 4.74 Å². The van der Waals surface area contributed by atoms with Gasteiger partial charge in [-0.15, -0.1) is 6.42 Å². The normalized spacial score (nSPS) is 29.8. The highest BCUT2D eigenvalue weighted by atomic mass is 19.1. The van der Waals surface area contributed by atoms with E-state index < -0.39 is 30.6 Å². The van der Waals surface area contributed by atoms with Crippen molar-refractivity contribution in [3.8, 4) is 12.3 Å². The molecule has 9 heteroatoms. The minimum absolute atomic E-state index is 0.171. The maximum atomic E-state index is 14.0. The Morgan fingerprint density at radius 1 is 1.23 bits per heavy atom. The highest BCUT2D eigenvalue weighted by molar-refractivity contribution is 5.83. The van der Waals surface area contributed by atoms with Crippen molar-refractivity contribution in [2.45, 2.75) is 62.7 Å². The number of terminal acetylenes is 1. The van der Waals surface area contributed by atoms with Gasteiger partial charge in [0.25, 0.3) is 0 Å². The fraction of sp³-hybridized carbons (Fsp3) is 0.588. The van der Waals surface area contributed by atoms with E-state index in [1.165, 1.54) is 17.3 Å². The number of aromatic nitrogens is 4. The highest BCUT2D eigenvalue weighted by Gasteiger charge is 2.43. The largest absolute Gasteiger partial charge is 0.386 e. The monoisotopic (exact) mass is 361 g/mol. The van der Waals surface area contributed by atoms with Crippen LogP contribution in [0.4, 0.5) is 10.2 Å². The van der Waals surface area contributed by atoms with Crippen LogP contribution in [-0.4, -0.2) is 54.1 Å². The number of ether oxygens (including phenoxy) is 1. The van der Waals surface area contributed by atoms with Gasteiger partial charge in [0.15, 0.2) is 23.2 Å². The highest BCUT2D eigenvalue weighted by Crippen LogP contribution is 2.32. The molecule has 8 nitrogen and oxygen atoms in total. The van der Waals surface area contributed by atoms with E-state index in [1.807, 2.05) is 0 Å². The molecule has 4 atom stereocenters. The van der Waals surface area contributed by atoms with Gasteiger partial charge in [-0.05, 0) is 12.8 Å². The van der Waals surface area contributed by atoms with Crippen LogP contribution in [0.25, 0.3) is 11.2 Å². The smallest absolute Gasteiger partial charge is 0.312 e. The van der Waals surface area contributed by atoms with Crippen LogP contribution in [0.15, 0.2) is 6.33 Å². The molecule has 4 rings (SSSR count). The third-order valence-electron chi connectivity index (χ3n) is 5.02. The van der Waals surface area contributed by atoms with Crippen molar-refractivity contribution < 1.29 is 19.3 Å². The average molecular weight is 361 g/mol. The molecule has 4 unspecified atom stereocenters. The van der Waals surface area contributed by atoms with Crippen molar-refractivity contribution in [3.63, 3.8) is 0 Å². The Balaban J connectivity index is 1.69. The molecular formula is C17H20FN5O3. The molecule has 0 radical (unpaired) electrons. The fourth-order valence-electron chi connectivity index (χ4n) is 3.64. The fourth-order valence-corrected chi connectivity index (χ4v) is 3.64. The number of halogens is 1. The zero-order chi connectivity index (χ0) is 18.3. The lowest BCUT2D eigenvalue weighted by Gasteiger charge is -2.23. The van der Waals surface area contributed by atoms with Gasteiger partial charge in [0.2, 0.25) is 0 Å². The molecule has 0 bridgehead atoms. The Labute approximate surface area is 149 Å². The number of aliphatic hydroxyl groups is 2. The molecule has 26 heavy (non-hydrogen) atoms. The van der Waals surface area contributed by atoms with Gasteiger partial charge < -0.3 is 20.3 Å². The summed E-state index contributed by atoms with van der Waals surface area (Å²) in [5.41, 5.74) is 0.552. The number of anilines is 1. The molecule has 2 aliphatic rings. The number of fused-ring (bicyclic) bond motifs is 1. The van der Waals surface area contributed by atoms with Crippen LogP contribution in [0.1, 0.15) is 38.3 Å². The first-order valence-corrected chi connectivity index (χ1v) is 8.73. The zero-order valence-electron chi connectivity index (χ0n) is 14.0. The number of imidazole rings is 1. The Morgan fingerprint density at radius 3 is 2.69 bits per heavy atom. The average Bonchev–Trinajstić information content (AvgIpc) is 3.17. The molecule has 2 aromatic heterocycles. The minimum Gasteiger partial charge on any atom is -0.386 e. The summed E-state index contributed by atoms with van der Waals surface area (Å²) in [6.45, 7) is 0. The van der Waals surface area contributed by atoms with E-state index >= 15 is 0 Å². The number of hydrogen-bond acceptors (Lipinski definition) is 7. The second-order valence-corrected chi connectivity index (χ2v) is 6.74. The van der Waals surface area contributed by atoms with Gasteiger partial charge in [0, 0.05) is 6.04 Å². The maximum Gasteiger partial charge on any atom is 0.312 e. The van der Waals surface area contributed by atoms with Gasteiger partial charge >= 0.3 is 6.08 Å². The van der Waals surface area contributed by atoms with E-state index in [4.69, 9.17) is 11.2 Å². The van der Waals surface area contributed by atoms with Crippen LogP contribution in [0, 0.1) is 18.4 Å². The van der Waals surface area contributed by atoms with Gasteiger partial charge in [0.1, 0.15) is 18.3 Å². The van der Waals surface area contributed by atoms with Crippen molar-refractivity contribution >= 4 is 17.0 Å². The number of rotatable bonds is 3. The molecule has 1 saturated carbocycles. The molecule has 2 fully saturated rings. The molecule has 3 N–H and O–H groups in total. The molecule has 1 aliphatic heterocycles. The summed E-state index contributed by atoms with van der Waals surface area (Å²) in [5, 5.41) is 23.4. The summed E-state index contributed by atoms with van der Waals surface area (Å²) in [6, 6.07) is 0.215. The van der Waals surface area contributed by atoms with Gasteiger partial charge in [0.05, 0.1) is 6.33 Å². The summed E-state index contributed by atoms with van der Waals surface area (Å²) >= 11 is 0. The third kappa shape index (κ3) is 2.90. The molecule has 0 spiro atoms. The molecule has 1 saturated heterocycles. The van der Waals surface area contributed by atoms with E-state index in [1.54, 1.807) is 0 Å². The van der Waals surface area contributed by atoms with E-state index in [9.17, 15) is 14.6 Å². The van der Waals surface area contributed by atoms with Gasteiger partial charge in [-0.2, -0.15) is 14.4 Å². The first kappa shape index (κ1) is 17.1. The van der Waals surface area contributed by atoms with Crippen molar-refractivity contribution in [3.05, 3.63) is 12.4 Å². The molecular weight excluding hydrogens is 341 g/mol. The van der Waals surface area contributed by atoms with Gasteiger partial charge in [-0.1, -0.05) is 25.2 Å². The first-order valence-electron chi connectivity index (χ1n) is 8.73. The van der Waals surface area contributed by atoms with Crippen LogP contribution >= 0.6 is 0 Å². The molecule has 3 heterocycles. The van der Waals surface area contributed by atoms with Crippen LogP contribution in [0.3, 0.4) is 0 Å². The predicted octanol–water partition coefficient (Wildman–Crippen LogP) is 0.962. The van der Waals surface area contributed by atoms with Crippen LogP contribution in [0.5, 0.6) is 0 Å². The number of aliphatic hydroxyl groups excluding tert-OH is 2. The Kier molecular flexibility index (Phi) is 4.48. The van der Waals surface area contributed by atoms with E-state index in [-0.39, 0.29) is 11.7 Å². The lowest BCUT2D eigenvalue weighted by Crippen LogP contribution is -2.30. The van der Waals surface area contributed by atoms with Crippen LogP contribution in [0.2, 0.25) is 0 Å². The summed E-state index contributed by atoms with van der Waals surface area (Å²) in [4.78, 5) is 11.9. The molecule has 0 aromatic carbocycles. The Bertz CT molecular complexity index is 845. The van der Waals surface area contributed by atoms with E-state index in [2.05, 4.69) is 26.2 Å². The first-order chi connectivity index (χ1) is 12.6. The van der Waals surface area contributed by atoms with Crippen molar-refractivity contribution in [1.82, 2.24) is 19.5 Å². The van der Waals surface area contributed by atoms with Crippen LogP contribution < -0.4 is 5.32 Å². The Morgan fingerprint density at radius 2 is 2.00 bits per heavy atom. The summed E-state index contributed by atoms with van der Waals surface area (Å²) in [7, 11) is 0. The van der Waals surface area contributed by atoms with Crippen molar-refractivity contribution in [2.75, 3.05) is 5.32 Å².